The van der Waals surface area contributed by atoms with Crippen LogP contribution in [0.15, 0.2) is 224 Å². The van der Waals surface area contributed by atoms with Crippen molar-refractivity contribution in [2.24, 2.45) is 0 Å². The highest BCUT2D eigenvalue weighted by molar-refractivity contribution is 7.24. The van der Waals surface area contributed by atoms with Gasteiger partial charge >= 0.3 is 0 Å². The van der Waals surface area contributed by atoms with E-state index in [0.29, 0.717) is 0 Å². The first-order chi connectivity index (χ1) is 31.3. The monoisotopic (exact) mass is 819 g/mol. The third-order valence-electron chi connectivity index (χ3n) is 12.7. The number of hydrogen-bond donors (Lipinski definition) is 0. The van der Waals surface area contributed by atoms with Crippen LogP contribution in [0.5, 0.6) is 0 Å². The zero-order valence-electron chi connectivity index (χ0n) is 34.1. The van der Waals surface area contributed by atoms with Crippen LogP contribution >= 0.6 is 11.3 Å². The average molecular weight is 820 g/mol. The van der Waals surface area contributed by atoms with Crippen LogP contribution in [0, 0.1) is 0 Å². The van der Waals surface area contributed by atoms with Crippen molar-refractivity contribution in [3.05, 3.63) is 224 Å². The summed E-state index contributed by atoms with van der Waals surface area (Å²) in [5, 5.41) is 7.30. The molecule has 0 atom stereocenters. The van der Waals surface area contributed by atoms with Gasteiger partial charge in [-0.1, -0.05) is 170 Å². The van der Waals surface area contributed by atoms with E-state index in [1.807, 2.05) is 11.3 Å². The average Bonchev–Trinajstić information content (AvgIpc) is 4.03. The fourth-order valence-corrected chi connectivity index (χ4v) is 11.3. The van der Waals surface area contributed by atoms with Crippen LogP contribution in [0.3, 0.4) is 0 Å². The van der Waals surface area contributed by atoms with Crippen LogP contribution in [0.4, 0.5) is 0 Å². The number of fused-ring (bicyclic) bond motifs is 9. The number of nitrogens with zero attached hydrogens (tertiary/aromatic N) is 3. The zero-order chi connectivity index (χ0) is 41.4. The molecule has 4 aromatic heterocycles. The number of para-hydroxylation sites is 4. The number of rotatable bonds is 6. The Morgan fingerprint density at radius 2 is 0.778 bits per heavy atom. The number of aromatic nitrogens is 3. The van der Waals surface area contributed by atoms with E-state index in [0.717, 1.165) is 44.7 Å². The Hall–Kier alpha value is -8.05. The molecule has 4 heterocycles. The minimum absolute atomic E-state index is 0.978. The molecular formula is C59H37N3S. The summed E-state index contributed by atoms with van der Waals surface area (Å²) < 4.78 is 6.12. The van der Waals surface area contributed by atoms with Gasteiger partial charge in [0.15, 0.2) is 0 Å². The molecule has 0 saturated heterocycles. The maximum atomic E-state index is 5.55. The van der Waals surface area contributed by atoms with Crippen LogP contribution in [0.1, 0.15) is 0 Å². The normalized spacial score (nSPS) is 11.8. The highest BCUT2D eigenvalue weighted by Gasteiger charge is 2.24. The SMILES string of the molecule is c1ccc(-c2sc3c(c(-c4ccccc4)nc4ccc(-c5cc(-n6c7ccccc7c7ccccc76)cc(-n6c7ccccc7c7ccccc76)c5)cc43)c2-c2ccccc2)cc1. The second-order valence-electron chi connectivity index (χ2n) is 16.3. The van der Waals surface area contributed by atoms with Gasteiger partial charge in [-0.15, -0.1) is 11.3 Å². The first-order valence-corrected chi connectivity index (χ1v) is 22.3. The molecule has 0 unspecified atom stereocenters. The smallest absolute Gasteiger partial charge is 0.0803 e. The Morgan fingerprint density at radius 1 is 0.333 bits per heavy atom. The molecule has 0 spiro atoms. The largest absolute Gasteiger partial charge is 0.309 e. The van der Waals surface area contributed by atoms with Crippen molar-refractivity contribution >= 4 is 75.9 Å². The minimum Gasteiger partial charge on any atom is -0.309 e. The van der Waals surface area contributed by atoms with E-state index >= 15 is 0 Å². The fourth-order valence-electron chi connectivity index (χ4n) is 9.92. The van der Waals surface area contributed by atoms with Gasteiger partial charge in [0.2, 0.25) is 0 Å². The predicted octanol–water partition coefficient (Wildman–Crippen LogP) is 16.3. The van der Waals surface area contributed by atoms with E-state index in [1.165, 1.54) is 75.3 Å². The topological polar surface area (TPSA) is 22.8 Å². The zero-order valence-corrected chi connectivity index (χ0v) is 34.9. The van der Waals surface area contributed by atoms with Gasteiger partial charge in [-0.05, 0) is 76.9 Å². The molecule has 0 fully saturated rings. The van der Waals surface area contributed by atoms with Crippen molar-refractivity contribution in [1.82, 2.24) is 14.1 Å². The van der Waals surface area contributed by atoms with Crippen molar-refractivity contribution in [2.45, 2.75) is 0 Å². The van der Waals surface area contributed by atoms with Crippen molar-refractivity contribution < 1.29 is 0 Å². The molecule has 0 amide bonds. The second kappa shape index (κ2) is 14.3. The van der Waals surface area contributed by atoms with Gasteiger partial charge in [0, 0.05) is 64.4 Å². The molecule has 0 bridgehead atoms. The Kier molecular flexibility index (Phi) is 8.08. The van der Waals surface area contributed by atoms with E-state index in [2.05, 4.69) is 234 Å². The summed E-state index contributed by atoms with van der Waals surface area (Å²) in [4.78, 5) is 6.80. The third kappa shape index (κ3) is 5.62. The molecule has 0 aliphatic carbocycles. The van der Waals surface area contributed by atoms with Crippen molar-refractivity contribution in [3.8, 4) is 55.3 Å². The predicted molar refractivity (Wildman–Crippen MR) is 268 cm³/mol. The second-order valence-corrected chi connectivity index (χ2v) is 17.3. The molecule has 13 aromatic rings. The van der Waals surface area contributed by atoms with E-state index in [9.17, 15) is 0 Å². The molecule has 0 N–H and O–H groups in total. The van der Waals surface area contributed by atoms with E-state index in [4.69, 9.17) is 4.98 Å². The lowest BCUT2D eigenvalue weighted by atomic mass is 9.94. The molecule has 63 heavy (non-hydrogen) atoms. The summed E-state index contributed by atoms with van der Waals surface area (Å²) in [5.74, 6) is 0. The Balaban J connectivity index is 1.13. The molecule has 294 valence electrons. The quantitative estimate of drug-likeness (QED) is 0.164. The Labute approximate surface area is 368 Å². The number of thiophene rings is 1. The van der Waals surface area contributed by atoms with Crippen LogP contribution in [0.2, 0.25) is 0 Å². The van der Waals surface area contributed by atoms with Crippen LogP contribution in [-0.2, 0) is 0 Å². The van der Waals surface area contributed by atoms with E-state index in [-0.39, 0.29) is 0 Å². The molecule has 0 aliphatic rings. The lowest BCUT2D eigenvalue weighted by Crippen LogP contribution is -2.00. The van der Waals surface area contributed by atoms with Crippen molar-refractivity contribution in [3.63, 3.8) is 0 Å². The summed E-state index contributed by atoms with van der Waals surface area (Å²) in [6.07, 6.45) is 0. The fraction of sp³-hybridized carbons (Fsp3) is 0. The minimum atomic E-state index is 0.978. The highest BCUT2D eigenvalue weighted by Crippen LogP contribution is 2.50. The summed E-state index contributed by atoms with van der Waals surface area (Å²) in [6, 6.07) is 81.5. The van der Waals surface area contributed by atoms with Gasteiger partial charge in [-0.25, -0.2) is 4.98 Å². The maximum absolute atomic E-state index is 5.55. The van der Waals surface area contributed by atoms with Gasteiger partial charge in [0.25, 0.3) is 0 Å². The van der Waals surface area contributed by atoms with Gasteiger partial charge in [-0.3, -0.25) is 0 Å². The first kappa shape index (κ1) is 35.7. The van der Waals surface area contributed by atoms with Crippen LogP contribution in [0.25, 0.3) is 120 Å². The van der Waals surface area contributed by atoms with Gasteiger partial charge in [0.05, 0.1) is 33.3 Å². The summed E-state index contributed by atoms with van der Waals surface area (Å²) >= 11 is 1.87. The number of benzene rings is 9. The van der Waals surface area contributed by atoms with Crippen molar-refractivity contribution in [1.29, 1.82) is 0 Å². The molecule has 9 aromatic carbocycles. The molecule has 0 radical (unpaired) electrons. The molecule has 0 aliphatic heterocycles. The lowest BCUT2D eigenvalue weighted by molar-refractivity contribution is 1.13. The number of hydrogen-bond acceptors (Lipinski definition) is 2. The van der Waals surface area contributed by atoms with Gasteiger partial charge < -0.3 is 9.13 Å². The van der Waals surface area contributed by atoms with E-state index < -0.39 is 0 Å². The maximum Gasteiger partial charge on any atom is 0.0803 e. The van der Waals surface area contributed by atoms with Gasteiger partial charge in [-0.2, -0.15) is 0 Å². The summed E-state index contributed by atoms with van der Waals surface area (Å²) in [6.45, 7) is 0. The Bertz CT molecular complexity index is 3660. The highest BCUT2D eigenvalue weighted by atomic mass is 32.1. The molecular weight excluding hydrogens is 783 g/mol. The first-order valence-electron chi connectivity index (χ1n) is 21.5. The molecule has 4 heteroatoms. The molecule has 13 rings (SSSR count). The molecule has 3 nitrogen and oxygen atoms in total. The standard InChI is InChI=1S/C59H37N3S/c1-4-18-38(19-5-1)55-56-57(39-20-6-2-7-21-39)60-50-33-32-41(36-49(50)59(56)63-58(55)40-22-8-3-9-23-40)42-34-43(61-51-28-14-10-24-45(51)46-25-11-15-29-52(46)61)37-44(35-42)62-53-30-16-12-26-47(53)48-27-13-17-31-54(48)62/h1-37H. The van der Waals surface area contributed by atoms with Crippen LogP contribution in [-0.4, -0.2) is 14.1 Å². The van der Waals surface area contributed by atoms with Crippen molar-refractivity contribution in [2.75, 3.05) is 0 Å². The summed E-state index contributed by atoms with van der Waals surface area (Å²) in [5.41, 5.74) is 15.9. The lowest BCUT2D eigenvalue weighted by Gasteiger charge is -2.16. The Morgan fingerprint density at radius 3 is 1.29 bits per heavy atom. The van der Waals surface area contributed by atoms with Gasteiger partial charge in [0.1, 0.15) is 0 Å². The molecule has 0 saturated carbocycles. The summed E-state index contributed by atoms with van der Waals surface area (Å²) in [7, 11) is 0. The number of pyridine rings is 1. The van der Waals surface area contributed by atoms with E-state index in [1.54, 1.807) is 0 Å². The van der Waals surface area contributed by atoms with Crippen LogP contribution < -0.4 is 0 Å². The third-order valence-corrected chi connectivity index (χ3v) is 13.9.